The van der Waals surface area contributed by atoms with Gasteiger partial charge in [0, 0.05) is 29.8 Å². The standard InChI is InChI=1S/C21H21N3O8/c1-13(25)14-3-5-15(6-4-14)22-19(26)9-10-21(28)32-12-20(27)23-17-11-16(31-2)7-8-18(17)24(29)30/h3-8,11H,9-10,12H2,1-2H3,(H,22,26)(H,23,27). The van der Waals surface area contributed by atoms with E-state index in [0.717, 1.165) is 0 Å². The molecule has 11 nitrogen and oxygen atoms in total. The van der Waals surface area contributed by atoms with Crippen LogP contribution in [-0.4, -0.2) is 42.2 Å². The first-order valence-corrected chi connectivity index (χ1v) is 9.38. The molecule has 168 valence electrons. The number of ketones is 1. The number of nitro groups is 1. The molecule has 2 amide bonds. The molecule has 0 aromatic heterocycles. The van der Waals surface area contributed by atoms with E-state index in [1.807, 2.05) is 0 Å². The maximum atomic E-state index is 12.0. The molecule has 2 aromatic carbocycles. The van der Waals surface area contributed by atoms with E-state index in [1.165, 1.54) is 32.2 Å². The minimum Gasteiger partial charge on any atom is -0.497 e. The Morgan fingerprint density at radius 3 is 2.25 bits per heavy atom. The molecule has 2 aromatic rings. The Hall–Kier alpha value is -4.28. The predicted octanol–water partition coefficient (Wildman–Crippen LogP) is 2.71. The fourth-order valence-electron chi connectivity index (χ4n) is 2.53. The lowest BCUT2D eigenvalue weighted by Gasteiger charge is -2.09. The van der Waals surface area contributed by atoms with Crippen LogP contribution in [0.5, 0.6) is 5.75 Å². The summed E-state index contributed by atoms with van der Waals surface area (Å²) in [5, 5.41) is 15.9. The number of rotatable bonds is 10. The van der Waals surface area contributed by atoms with Crippen molar-refractivity contribution >= 4 is 40.6 Å². The molecule has 0 atom stereocenters. The van der Waals surface area contributed by atoms with Crippen LogP contribution < -0.4 is 15.4 Å². The summed E-state index contributed by atoms with van der Waals surface area (Å²) in [5.41, 5.74) is 0.515. The highest BCUT2D eigenvalue weighted by Gasteiger charge is 2.18. The monoisotopic (exact) mass is 443 g/mol. The average Bonchev–Trinajstić information content (AvgIpc) is 2.76. The third-order valence-electron chi connectivity index (χ3n) is 4.17. The first-order valence-electron chi connectivity index (χ1n) is 9.38. The van der Waals surface area contributed by atoms with E-state index in [2.05, 4.69) is 10.6 Å². The molecule has 0 saturated carbocycles. The zero-order chi connectivity index (χ0) is 23.7. The second-order valence-corrected chi connectivity index (χ2v) is 6.53. The van der Waals surface area contributed by atoms with Crippen LogP contribution in [0.15, 0.2) is 42.5 Å². The predicted molar refractivity (Wildman–Crippen MR) is 114 cm³/mol. The molecule has 2 N–H and O–H groups in total. The molecule has 0 unspecified atom stereocenters. The van der Waals surface area contributed by atoms with Crippen molar-refractivity contribution in [1.29, 1.82) is 0 Å². The van der Waals surface area contributed by atoms with E-state index in [0.29, 0.717) is 17.0 Å². The van der Waals surface area contributed by atoms with Crippen molar-refractivity contribution in [2.45, 2.75) is 19.8 Å². The maximum absolute atomic E-state index is 12.0. The first-order chi connectivity index (χ1) is 15.2. The van der Waals surface area contributed by atoms with Gasteiger partial charge in [0.15, 0.2) is 12.4 Å². The fraction of sp³-hybridized carbons (Fsp3) is 0.238. The Balaban J connectivity index is 1.79. The zero-order valence-corrected chi connectivity index (χ0v) is 17.4. The van der Waals surface area contributed by atoms with E-state index in [4.69, 9.17) is 9.47 Å². The zero-order valence-electron chi connectivity index (χ0n) is 17.4. The fourth-order valence-corrected chi connectivity index (χ4v) is 2.53. The van der Waals surface area contributed by atoms with E-state index in [-0.39, 0.29) is 30.0 Å². The second kappa shape index (κ2) is 11.2. The number of benzene rings is 2. The molecule has 2 rings (SSSR count). The Morgan fingerprint density at radius 2 is 1.66 bits per heavy atom. The van der Waals surface area contributed by atoms with Crippen LogP contribution in [0.1, 0.15) is 30.1 Å². The number of nitrogens with one attached hydrogen (secondary N) is 2. The van der Waals surface area contributed by atoms with Crippen molar-refractivity contribution in [1.82, 2.24) is 0 Å². The van der Waals surface area contributed by atoms with Crippen LogP contribution in [0.4, 0.5) is 17.1 Å². The normalized spacial score (nSPS) is 10.1. The lowest BCUT2D eigenvalue weighted by atomic mass is 10.1. The number of ether oxygens (including phenoxy) is 2. The molecule has 0 fully saturated rings. The van der Waals surface area contributed by atoms with E-state index in [1.54, 1.807) is 24.3 Å². The number of anilines is 2. The largest absolute Gasteiger partial charge is 0.497 e. The average molecular weight is 443 g/mol. The number of hydrogen-bond acceptors (Lipinski definition) is 8. The van der Waals surface area contributed by atoms with Crippen LogP contribution in [0.3, 0.4) is 0 Å². The van der Waals surface area contributed by atoms with Crippen LogP contribution in [0, 0.1) is 10.1 Å². The third kappa shape index (κ3) is 7.20. The number of hydrogen-bond donors (Lipinski definition) is 2. The molecule has 11 heteroatoms. The Labute approximate surface area is 182 Å². The number of nitro benzene ring substituents is 1. The molecular formula is C21H21N3O8. The summed E-state index contributed by atoms with van der Waals surface area (Å²) in [5.74, 6) is -1.83. The van der Waals surface area contributed by atoms with Crippen molar-refractivity contribution in [3.63, 3.8) is 0 Å². The molecule has 0 aliphatic heterocycles. The van der Waals surface area contributed by atoms with Gasteiger partial charge in [0.25, 0.3) is 11.6 Å². The topological polar surface area (TPSA) is 154 Å². The Morgan fingerprint density at radius 1 is 0.969 bits per heavy atom. The van der Waals surface area contributed by atoms with E-state index >= 15 is 0 Å². The summed E-state index contributed by atoms with van der Waals surface area (Å²) in [6.45, 7) is 0.749. The highest BCUT2D eigenvalue weighted by molar-refractivity contribution is 5.97. The molecule has 0 bridgehead atoms. The Bertz CT molecular complexity index is 1030. The minimum absolute atomic E-state index is 0.101. The van der Waals surface area contributed by atoms with Crippen LogP contribution >= 0.6 is 0 Å². The third-order valence-corrected chi connectivity index (χ3v) is 4.17. The molecule has 0 spiro atoms. The van der Waals surface area contributed by atoms with Crippen molar-refractivity contribution in [2.24, 2.45) is 0 Å². The summed E-state index contributed by atoms with van der Waals surface area (Å²) < 4.78 is 9.78. The number of carbonyl (C=O) groups is 4. The molecule has 0 aliphatic carbocycles. The molecule has 0 aliphatic rings. The Kier molecular flexibility index (Phi) is 8.40. The number of amides is 2. The lowest BCUT2D eigenvalue weighted by Crippen LogP contribution is -2.22. The SMILES string of the molecule is COc1ccc([N+](=O)[O-])c(NC(=O)COC(=O)CCC(=O)Nc2ccc(C(C)=O)cc2)c1. The number of Topliss-reactive ketones (excluding diaryl/α,β-unsaturated/α-hetero) is 1. The van der Waals surface area contributed by atoms with Crippen LogP contribution in [0.2, 0.25) is 0 Å². The number of nitrogens with zero attached hydrogens (tertiary/aromatic N) is 1. The molecule has 0 heterocycles. The highest BCUT2D eigenvalue weighted by atomic mass is 16.6. The van der Waals surface area contributed by atoms with Gasteiger partial charge in [-0.25, -0.2) is 0 Å². The maximum Gasteiger partial charge on any atom is 0.306 e. The van der Waals surface area contributed by atoms with Crippen molar-refractivity contribution in [3.05, 3.63) is 58.1 Å². The number of carbonyl (C=O) groups excluding carboxylic acids is 4. The highest BCUT2D eigenvalue weighted by Crippen LogP contribution is 2.28. The van der Waals surface area contributed by atoms with Crippen molar-refractivity contribution in [3.8, 4) is 5.75 Å². The molecular weight excluding hydrogens is 422 g/mol. The summed E-state index contributed by atoms with van der Waals surface area (Å²) >= 11 is 0. The van der Waals surface area contributed by atoms with Gasteiger partial charge >= 0.3 is 5.97 Å². The molecule has 0 radical (unpaired) electrons. The van der Waals surface area contributed by atoms with Gasteiger partial charge in [0.2, 0.25) is 5.91 Å². The van der Waals surface area contributed by atoms with Gasteiger partial charge in [0.1, 0.15) is 11.4 Å². The lowest BCUT2D eigenvalue weighted by molar-refractivity contribution is -0.383. The van der Waals surface area contributed by atoms with Crippen LogP contribution in [0.25, 0.3) is 0 Å². The summed E-state index contributed by atoms with van der Waals surface area (Å²) in [6, 6.07) is 10.1. The quantitative estimate of drug-likeness (QED) is 0.246. The van der Waals surface area contributed by atoms with Gasteiger partial charge < -0.3 is 20.1 Å². The van der Waals surface area contributed by atoms with E-state index < -0.39 is 29.3 Å². The van der Waals surface area contributed by atoms with Crippen molar-refractivity contribution in [2.75, 3.05) is 24.4 Å². The minimum atomic E-state index is -0.789. The van der Waals surface area contributed by atoms with E-state index in [9.17, 15) is 29.3 Å². The second-order valence-electron chi connectivity index (χ2n) is 6.53. The van der Waals surface area contributed by atoms with Crippen molar-refractivity contribution < 1.29 is 33.6 Å². The van der Waals surface area contributed by atoms with Gasteiger partial charge in [-0.15, -0.1) is 0 Å². The number of methoxy groups -OCH3 is 1. The van der Waals surface area contributed by atoms with Crippen LogP contribution in [-0.2, 0) is 19.1 Å². The van der Waals surface area contributed by atoms with Gasteiger partial charge in [0.05, 0.1) is 18.5 Å². The summed E-state index contributed by atoms with van der Waals surface area (Å²) in [7, 11) is 1.37. The van der Waals surface area contributed by atoms with Gasteiger partial charge in [-0.3, -0.25) is 29.3 Å². The summed E-state index contributed by atoms with van der Waals surface area (Å²) in [4.78, 5) is 57.4. The molecule has 0 saturated heterocycles. The smallest absolute Gasteiger partial charge is 0.306 e. The summed E-state index contributed by atoms with van der Waals surface area (Å²) in [6.07, 6.45) is -0.458. The van der Waals surface area contributed by atoms with Gasteiger partial charge in [-0.1, -0.05) is 0 Å². The van der Waals surface area contributed by atoms with Gasteiger partial charge in [-0.2, -0.15) is 0 Å². The molecule has 32 heavy (non-hydrogen) atoms. The van der Waals surface area contributed by atoms with Gasteiger partial charge in [-0.05, 0) is 37.3 Å². The first kappa shape index (κ1) is 24.0. The number of esters is 1.